The minimum atomic E-state index is -0.770. The molecule has 0 spiro atoms. The van der Waals surface area contributed by atoms with Crippen LogP contribution in [0.25, 0.3) is 5.76 Å². The minimum absolute atomic E-state index is 0.00396. The van der Waals surface area contributed by atoms with Crippen molar-refractivity contribution in [1.82, 2.24) is 4.90 Å². The summed E-state index contributed by atoms with van der Waals surface area (Å²) in [6.07, 6.45) is 3.55. The van der Waals surface area contributed by atoms with Crippen LogP contribution in [0.4, 0.5) is 4.39 Å². The molecule has 2 aromatic rings. The van der Waals surface area contributed by atoms with Crippen LogP contribution < -0.4 is 9.47 Å². The molecular formula is C24H24FNO5. The SMILES string of the molecule is COc1ccc(C2/C(=C(/O)c3ccc(F)cc3)C(=O)C(=O)N2C2CCCC2)cc1OC. The molecule has 2 aromatic carbocycles. The Morgan fingerprint density at radius 2 is 1.65 bits per heavy atom. The molecule has 1 aliphatic carbocycles. The number of aliphatic hydroxyl groups is 1. The molecule has 4 rings (SSSR count). The van der Waals surface area contributed by atoms with Crippen LogP contribution in [0.1, 0.15) is 42.9 Å². The quantitative estimate of drug-likeness (QED) is 0.441. The molecule has 2 aliphatic rings. The van der Waals surface area contributed by atoms with Gasteiger partial charge in [-0.25, -0.2) is 4.39 Å². The zero-order valence-electron chi connectivity index (χ0n) is 17.4. The molecule has 1 saturated carbocycles. The van der Waals surface area contributed by atoms with Crippen molar-refractivity contribution in [2.45, 2.75) is 37.8 Å². The fourth-order valence-corrected chi connectivity index (χ4v) is 4.52. The Balaban J connectivity index is 1.90. The molecule has 1 unspecified atom stereocenters. The van der Waals surface area contributed by atoms with Gasteiger partial charge in [-0.1, -0.05) is 18.9 Å². The largest absolute Gasteiger partial charge is 0.507 e. The number of halogens is 1. The zero-order chi connectivity index (χ0) is 22.1. The minimum Gasteiger partial charge on any atom is -0.507 e. The number of ketones is 1. The van der Waals surface area contributed by atoms with E-state index in [1.165, 1.54) is 38.5 Å². The number of hydrogen-bond acceptors (Lipinski definition) is 5. The number of nitrogens with zero attached hydrogens (tertiary/aromatic N) is 1. The van der Waals surface area contributed by atoms with E-state index in [4.69, 9.17) is 9.47 Å². The Labute approximate surface area is 179 Å². The summed E-state index contributed by atoms with van der Waals surface area (Å²) in [4.78, 5) is 27.7. The van der Waals surface area contributed by atoms with Crippen LogP contribution in [-0.4, -0.2) is 42.0 Å². The number of hydrogen-bond donors (Lipinski definition) is 1. The average molecular weight is 425 g/mol. The van der Waals surface area contributed by atoms with E-state index in [9.17, 15) is 19.1 Å². The Morgan fingerprint density at radius 1 is 1.00 bits per heavy atom. The Hall–Kier alpha value is -3.35. The van der Waals surface area contributed by atoms with Crippen LogP contribution in [0, 0.1) is 5.82 Å². The lowest BCUT2D eigenvalue weighted by molar-refractivity contribution is -0.141. The highest BCUT2D eigenvalue weighted by molar-refractivity contribution is 6.46. The van der Waals surface area contributed by atoms with E-state index in [1.54, 1.807) is 23.1 Å². The summed E-state index contributed by atoms with van der Waals surface area (Å²) in [5, 5.41) is 11.0. The maximum absolute atomic E-state index is 13.4. The first-order chi connectivity index (χ1) is 15.0. The standard InChI is InChI=1S/C24H24FNO5/c1-30-18-12-9-15(13-19(18)31-2)21-20(22(27)14-7-10-16(25)11-8-14)23(28)24(29)26(21)17-5-3-4-6-17/h7-13,17,21,27H,3-6H2,1-2H3/b22-20-. The van der Waals surface area contributed by atoms with Gasteiger partial charge in [0.15, 0.2) is 11.5 Å². The number of rotatable bonds is 5. The molecule has 31 heavy (non-hydrogen) atoms. The van der Waals surface area contributed by atoms with Crippen LogP contribution in [0.3, 0.4) is 0 Å². The van der Waals surface area contributed by atoms with Crippen LogP contribution in [0.2, 0.25) is 0 Å². The number of aliphatic hydroxyl groups excluding tert-OH is 1. The number of methoxy groups -OCH3 is 2. The van der Waals surface area contributed by atoms with Crippen molar-refractivity contribution in [3.05, 3.63) is 65.0 Å². The van der Waals surface area contributed by atoms with E-state index >= 15 is 0 Å². The Kier molecular flexibility index (Phi) is 5.67. The molecule has 1 aliphatic heterocycles. The molecule has 1 atom stereocenters. The van der Waals surface area contributed by atoms with Gasteiger partial charge in [0.2, 0.25) is 0 Å². The number of carbonyl (C=O) groups excluding carboxylic acids is 2. The highest BCUT2D eigenvalue weighted by Gasteiger charge is 2.49. The normalized spacial score (nSPS) is 21.0. The number of Topliss-reactive ketones (excluding diaryl/α,β-unsaturated/α-hetero) is 1. The van der Waals surface area contributed by atoms with Gasteiger partial charge in [-0.15, -0.1) is 0 Å². The first kappa shape index (κ1) is 20.9. The first-order valence-corrected chi connectivity index (χ1v) is 10.2. The second-order valence-corrected chi connectivity index (χ2v) is 7.77. The third-order valence-corrected chi connectivity index (χ3v) is 6.04. The summed E-state index contributed by atoms with van der Waals surface area (Å²) in [7, 11) is 3.03. The number of amides is 1. The lowest BCUT2D eigenvalue weighted by Gasteiger charge is -2.31. The first-order valence-electron chi connectivity index (χ1n) is 10.2. The lowest BCUT2D eigenvalue weighted by Crippen LogP contribution is -2.37. The van der Waals surface area contributed by atoms with E-state index in [-0.39, 0.29) is 22.9 Å². The number of carbonyl (C=O) groups is 2. The van der Waals surface area contributed by atoms with Gasteiger partial charge < -0.3 is 19.5 Å². The fourth-order valence-electron chi connectivity index (χ4n) is 4.52. The van der Waals surface area contributed by atoms with Gasteiger partial charge in [0.1, 0.15) is 11.6 Å². The van der Waals surface area contributed by atoms with Crippen LogP contribution in [0.15, 0.2) is 48.0 Å². The monoisotopic (exact) mass is 425 g/mol. The second kappa shape index (κ2) is 8.41. The molecule has 0 aromatic heterocycles. The van der Waals surface area contributed by atoms with E-state index in [2.05, 4.69) is 0 Å². The summed E-state index contributed by atoms with van der Waals surface area (Å²) in [5.74, 6) is -1.18. The lowest BCUT2D eigenvalue weighted by atomic mass is 9.94. The summed E-state index contributed by atoms with van der Waals surface area (Å²) in [5.41, 5.74) is 0.902. The van der Waals surface area contributed by atoms with Crippen molar-refractivity contribution in [2.75, 3.05) is 14.2 Å². The van der Waals surface area contributed by atoms with Gasteiger partial charge in [-0.3, -0.25) is 9.59 Å². The summed E-state index contributed by atoms with van der Waals surface area (Å²) in [6.45, 7) is 0. The van der Waals surface area contributed by atoms with Gasteiger partial charge >= 0.3 is 0 Å². The zero-order valence-corrected chi connectivity index (χ0v) is 17.4. The molecule has 1 amide bonds. The van der Waals surface area contributed by atoms with Crippen molar-refractivity contribution in [3.8, 4) is 11.5 Å². The maximum Gasteiger partial charge on any atom is 0.295 e. The van der Waals surface area contributed by atoms with Crippen LogP contribution in [-0.2, 0) is 9.59 Å². The van der Waals surface area contributed by atoms with Crippen molar-refractivity contribution in [2.24, 2.45) is 0 Å². The molecule has 1 N–H and O–H groups in total. The smallest absolute Gasteiger partial charge is 0.295 e. The highest BCUT2D eigenvalue weighted by atomic mass is 19.1. The van der Waals surface area contributed by atoms with Crippen molar-refractivity contribution >= 4 is 17.4 Å². The average Bonchev–Trinajstić information content (AvgIpc) is 3.40. The maximum atomic E-state index is 13.4. The van der Waals surface area contributed by atoms with E-state index in [1.807, 2.05) is 0 Å². The fraction of sp³-hybridized carbons (Fsp3) is 0.333. The molecular weight excluding hydrogens is 401 g/mol. The molecule has 2 fully saturated rings. The summed E-state index contributed by atoms with van der Waals surface area (Å²) >= 11 is 0. The molecule has 6 nitrogen and oxygen atoms in total. The summed E-state index contributed by atoms with van der Waals surface area (Å²) in [6, 6.07) is 9.51. The number of likely N-dealkylation sites (tertiary alicyclic amines) is 1. The van der Waals surface area contributed by atoms with E-state index in [0.717, 1.165) is 25.7 Å². The number of ether oxygens (including phenoxy) is 2. The third kappa shape index (κ3) is 3.65. The van der Waals surface area contributed by atoms with Crippen molar-refractivity contribution in [1.29, 1.82) is 0 Å². The summed E-state index contributed by atoms with van der Waals surface area (Å²) < 4.78 is 24.1. The second-order valence-electron chi connectivity index (χ2n) is 7.77. The van der Waals surface area contributed by atoms with Crippen LogP contribution in [0.5, 0.6) is 11.5 Å². The van der Waals surface area contributed by atoms with Crippen molar-refractivity contribution in [3.63, 3.8) is 0 Å². The number of benzene rings is 2. The Bertz CT molecular complexity index is 1040. The van der Waals surface area contributed by atoms with Crippen LogP contribution >= 0.6 is 0 Å². The third-order valence-electron chi connectivity index (χ3n) is 6.04. The van der Waals surface area contributed by atoms with Crippen molar-refractivity contribution < 1.29 is 28.6 Å². The van der Waals surface area contributed by atoms with Gasteiger partial charge in [-0.05, 0) is 54.8 Å². The highest BCUT2D eigenvalue weighted by Crippen LogP contribution is 2.45. The van der Waals surface area contributed by atoms with E-state index in [0.29, 0.717) is 17.1 Å². The molecule has 7 heteroatoms. The molecule has 1 saturated heterocycles. The molecule has 162 valence electrons. The molecule has 1 heterocycles. The topological polar surface area (TPSA) is 76.1 Å². The van der Waals surface area contributed by atoms with Gasteiger partial charge in [-0.2, -0.15) is 0 Å². The predicted octanol–water partition coefficient (Wildman–Crippen LogP) is 4.21. The van der Waals surface area contributed by atoms with Gasteiger partial charge in [0, 0.05) is 11.6 Å². The molecule has 0 bridgehead atoms. The van der Waals surface area contributed by atoms with Gasteiger partial charge in [0.25, 0.3) is 11.7 Å². The molecule has 0 radical (unpaired) electrons. The predicted molar refractivity (Wildman–Crippen MR) is 112 cm³/mol. The van der Waals surface area contributed by atoms with Gasteiger partial charge in [0.05, 0.1) is 25.8 Å². The van der Waals surface area contributed by atoms with E-state index < -0.39 is 23.5 Å². The Morgan fingerprint density at radius 3 is 2.26 bits per heavy atom.